The summed E-state index contributed by atoms with van der Waals surface area (Å²) in [4.78, 5) is 11.8. The predicted octanol–water partition coefficient (Wildman–Crippen LogP) is 2.90. The molecule has 0 saturated carbocycles. The Morgan fingerprint density at radius 2 is 2.24 bits per heavy atom. The molecule has 0 spiro atoms. The zero-order valence-corrected chi connectivity index (χ0v) is 12.2. The van der Waals surface area contributed by atoms with Crippen LogP contribution in [0.25, 0.3) is 0 Å². The third-order valence-corrected chi connectivity index (χ3v) is 3.51. The number of nitrogens with two attached hydrogens (primary N) is 1. The molecule has 0 radical (unpaired) electrons. The minimum atomic E-state index is -0.104. The summed E-state index contributed by atoms with van der Waals surface area (Å²) in [5.41, 5.74) is 6.80. The van der Waals surface area contributed by atoms with Gasteiger partial charge in [0.2, 0.25) is 0 Å². The van der Waals surface area contributed by atoms with Gasteiger partial charge in [-0.15, -0.1) is 0 Å². The molecule has 0 saturated heterocycles. The van der Waals surface area contributed by atoms with E-state index < -0.39 is 0 Å². The number of nitrogen functional groups attached to an aromatic ring is 1. The quantitative estimate of drug-likeness (QED) is 0.626. The number of halogens is 1. The molecule has 3 N–H and O–H groups in total. The fraction of sp³-hybridized carbons (Fsp3) is 0.417. The van der Waals surface area contributed by atoms with Crippen molar-refractivity contribution in [3.8, 4) is 0 Å². The van der Waals surface area contributed by atoms with Crippen LogP contribution < -0.4 is 11.1 Å². The zero-order valence-electron chi connectivity index (χ0n) is 9.83. The summed E-state index contributed by atoms with van der Waals surface area (Å²) in [5, 5.41) is 2.88. The molecule has 0 aromatic heterocycles. The van der Waals surface area contributed by atoms with Gasteiger partial charge in [0, 0.05) is 16.7 Å². The highest BCUT2D eigenvalue weighted by molar-refractivity contribution is 9.10. The lowest BCUT2D eigenvalue weighted by atomic mass is 10.1. The van der Waals surface area contributed by atoms with Crippen LogP contribution in [0.15, 0.2) is 22.7 Å². The maximum Gasteiger partial charge on any atom is 0.253 e. The number of hydrogen-bond donors (Lipinski definition) is 2. The van der Waals surface area contributed by atoms with Gasteiger partial charge in [0.25, 0.3) is 5.91 Å². The number of carbonyl (C=O) groups is 1. The van der Waals surface area contributed by atoms with Gasteiger partial charge in [-0.1, -0.05) is 15.9 Å². The van der Waals surface area contributed by atoms with Crippen molar-refractivity contribution in [2.45, 2.75) is 12.8 Å². The first-order valence-electron chi connectivity index (χ1n) is 5.47. The molecular weight excluding hydrogens is 300 g/mol. The van der Waals surface area contributed by atoms with Gasteiger partial charge in [0.1, 0.15) is 0 Å². The summed E-state index contributed by atoms with van der Waals surface area (Å²) < 4.78 is 0.860. The molecule has 3 nitrogen and oxygen atoms in total. The van der Waals surface area contributed by atoms with Gasteiger partial charge in [0.15, 0.2) is 0 Å². The predicted molar refractivity (Wildman–Crippen MR) is 78.5 cm³/mol. The van der Waals surface area contributed by atoms with E-state index >= 15 is 0 Å². The van der Waals surface area contributed by atoms with Crippen molar-refractivity contribution in [1.82, 2.24) is 5.32 Å². The molecule has 0 heterocycles. The molecule has 0 fully saturated rings. The van der Waals surface area contributed by atoms with Gasteiger partial charge < -0.3 is 11.1 Å². The largest absolute Gasteiger partial charge is 0.398 e. The molecule has 0 bridgehead atoms. The summed E-state index contributed by atoms with van der Waals surface area (Å²) in [6, 6.07) is 5.30. The second-order valence-electron chi connectivity index (χ2n) is 3.69. The van der Waals surface area contributed by atoms with Crippen LogP contribution in [0.3, 0.4) is 0 Å². The van der Waals surface area contributed by atoms with Crippen LogP contribution in [0.2, 0.25) is 0 Å². The summed E-state index contributed by atoms with van der Waals surface area (Å²) >= 11 is 5.15. The van der Waals surface area contributed by atoms with Crippen molar-refractivity contribution >= 4 is 39.3 Å². The molecule has 0 aliphatic rings. The second kappa shape index (κ2) is 7.61. The standard InChI is InChI=1S/C12H17BrN2OS/c1-17-7-3-2-6-15-12(16)10-8-9(13)4-5-11(10)14/h4-5,8H,2-3,6-7,14H2,1H3,(H,15,16). The number of rotatable bonds is 6. The average molecular weight is 317 g/mol. The fourth-order valence-corrected chi connectivity index (χ4v) is 2.25. The van der Waals surface area contributed by atoms with Crippen molar-refractivity contribution in [2.75, 3.05) is 24.3 Å². The Balaban J connectivity index is 2.44. The molecule has 0 unspecified atom stereocenters. The number of thioether (sulfide) groups is 1. The Hall–Kier alpha value is -0.680. The number of benzene rings is 1. The molecule has 0 aliphatic carbocycles. The Morgan fingerprint density at radius 3 is 2.94 bits per heavy atom. The second-order valence-corrected chi connectivity index (χ2v) is 5.59. The third kappa shape index (κ3) is 5.00. The van der Waals surface area contributed by atoms with E-state index in [9.17, 15) is 4.79 Å². The molecule has 17 heavy (non-hydrogen) atoms. The van der Waals surface area contributed by atoms with E-state index in [1.54, 1.807) is 12.1 Å². The molecular formula is C12H17BrN2OS. The van der Waals surface area contributed by atoms with Crippen LogP contribution in [-0.2, 0) is 0 Å². The van der Waals surface area contributed by atoms with E-state index in [0.717, 1.165) is 23.1 Å². The van der Waals surface area contributed by atoms with Gasteiger partial charge in [-0.2, -0.15) is 11.8 Å². The molecule has 1 aromatic carbocycles. The number of carbonyl (C=O) groups excluding carboxylic acids is 1. The van der Waals surface area contributed by atoms with Crippen LogP contribution in [0.5, 0.6) is 0 Å². The first-order chi connectivity index (χ1) is 8.15. The number of unbranched alkanes of at least 4 members (excludes halogenated alkanes) is 1. The molecule has 1 rings (SSSR count). The molecule has 1 amide bonds. The van der Waals surface area contributed by atoms with Crippen LogP contribution in [0, 0.1) is 0 Å². The van der Waals surface area contributed by atoms with E-state index in [1.807, 2.05) is 17.8 Å². The number of hydrogen-bond acceptors (Lipinski definition) is 3. The lowest BCUT2D eigenvalue weighted by molar-refractivity contribution is 0.0954. The number of anilines is 1. The lowest BCUT2D eigenvalue weighted by Crippen LogP contribution is -2.25. The maximum atomic E-state index is 11.8. The first kappa shape index (κ1) is 14.4. The highest BCUT2D eigenvalue weighted by Crippen LogP contribution is 2.18. The molecule has 0 atom stereocenters. The normalized spacial score (nSPS) is 10.2. The molecule has 1 aromatic rings. The fourth-order valence-electron chi connectivity index (χ4n) is 1.39. The Labute approximate surface area is 115 Å². The van der Waals surface area contributed by atoms with Crippen LogP contribution >= 0.6 is 27.7 Å². The zero-order chi connectivity index (χ0) is 12.7. The van der Waals surface area contributed by atoms with E-state index in [1.165, 1.54) is 0 Å². The van der Waals surface area contributed by atoms with E-state index in [-0.39, 0.29) is 5.91 Å². The van der Waals surface area contributed by atoms with Crippen LogP contribution in [0.4, 0.5) is 5.69 Å². The van der Waals surface area contributed by atoms with Crippen molar-refractivity contribution in [3.05, 3.63) is 28.2 Å². The SMILES string of the molecule is CSCCCCNC(=O)c1cc(Br)ccc1N. The third-order valence-electron chi connectivity index (χ3n) is 2.32. The molecule has 0 aliphatic heterocycles. The average Bonchev–Trinajstić information content (AvgIpc) is 2.32. The molecule has 5 heteroatoms. The van der Waals surface area contributed by atoms with E-state index in [4.69, 9.17) is 5.73 Å². The highest BCUT2D eigenvalue weighted by Gasteiger charge is 2.09. The number of nitrogens with one attached hydrogen (secondary N) is 1. The van der Waals surface area contributed by atoms with Gasteiger partial charge in [-0.05, 0) is 43.0 Å². The minimum Gasteiger partial charge on any atom is -0.398 e. The Morgan fingerprint density at radius 1 is 1.47 bits per heavy atom. The van der Waals surface area contributed by atoms with Gasteiger partial charge in [-0.25, -0.2) is 0 Å². The minimum absolute atomic E-state index is 0.104. The smallest absolute Gasteiger partial charge is 0.253 e. The number of amides is 1. The Kier molecular flexibility index (Phi) is 6.44. The van der Waals surface area contributed by atoms with E-state index in [2.05, 4.69) is 27.5 Å². The summed E-state index contributed by atoms with van der Waals surface area (Å²) in [5.74, 6) is 1.03. The van der Waals surface area contributed by atoms with Crippen molar-refractivity contribution < 1.29 is 4.79 Å². The lowest BCUT2D eigenvalue weighted by Gasteiger charge is -2.07. The maximum absolute atomic E-state index is 11.8. The van der Waals surface area contributed by atoms with E-state index in [0.29, 0.717) is 17.8 Å². The monoisotopic (exact) mass is 316 g/mol. The van der Waals surface area contributed by atoms with Gasteiger partial charge >= 0.3 is 0 Å². The summed E-state index contributed by atoms with van der Waals surface area (Å²) in [7, 11) is 0. The van der Waals surface area contributed by atoms with Crippen molar-refractivity contribution in [2.24, 2.45) is 0 Å². The molecule has 94 valence electrons. The topological polar surface area (TPSA) is 55.1 Å². The van der Waals surface area contributed by atoms with Crippen molar-refractivity contribution in [3.63, 3.8) is 0 Å². The van der Waals surface area contributed by atoms with Crippen molar-refractivity contribution in [1.29, 1.82) is 0 Å². The summed E-state index contributed by atoms with van der Waals surface area (Å²) in [6.07, 6.45) is 4.21. The van der Waals surface area contributed by atoms with Crippen LogP contribution in [-0.4, -0.2) is 24.5 Å². The van der Waals surface area contributed by atoms with Gasteiger partial charge in [0.05, 0.1) is 5.56 Å². The first-order valence-corrected chi connectivity index (χ1v) is 7.66. The Bertz CT molecular complexity index is 385. The highest BCUT2D eigenvalue weighted by atomic mass is 79.9. The van der Waals surface area contributed by atoms with Gasteiger partial charge in [-0.3, -0.25) is 4.79 Å². The summed E-state index contributed by atoms with van der Waals surface area (Å²) in [6.45, 7) is 0.700. The van der Waals surface area contributed by atoms with Crippen LogP contribution in [0.1, 0.15) is 23.2 Å².